The van der Waals surface area contributed by atoms with Crippen LogP contribution in [0.5, 0.6) is 0 Å². The smallest absolute Gasteiger partial charge is 0.274 e. The van der Waals surface area contributed by atoms with Crippen LogP contribution in [0.25, 0.3) is 16.7 Å². The molecule has 0 atom stereocenters. The van der Waals surface area contributed by atoms with Crippen molar-refractivity contribution in [1.82, 2.24) is 24.6 Å². The van der Waals surface area contributed by atoms with E-state index < -0.39 is 11.6 Å². The van der Waals surface area contributed by atoms with Gasteiger partial charge in [-0.3, -0.25) is 4.79 Å². The van der Waals surface area contributed by atoms with E-state index in [1.807, 2.05) is 29.2 Å². The molecule has 7 nitrogen and oxygen atoms in total. The van der Waals surface area contributed by atoms with Crippen molar-refractivity contribution >= 4 is 22.9 Å². The summed E-state index contributed by atoms with van der Waals surface area (Å²) in [5.74, 6) is -1.11. The maximum Gasteiger partial charge on any atom is 0.274 e. The van der Waals surface area contributed by atoms with E-state index >= 15 is 0 Å². The van der Waals surface area contributed by atoms with E-state index in [1.54, 1.807) is 4.68 Å². The molecule has 2 aromatic heterocycles. The number of nitrogens with zero attached hydrogens (tertiary/aromatic N) is 5. The lowest BCUT2D eigenvalue weighted by molar-refractivity contribution is 0.0759. The molecular weight excluding hydrogens is 438 g/mol. The predicted octanol–water partition coefficient (Wildman–Crippen LogP) is 3.87. The number of nitrogens with one attached hydrogen (secondary N) is 1. The first-order valence-electron chi connectivity index (χ1n) is 11.6. The van der Waals surface area contributed by atoms with Gasteiger partial charge in [0.25, 0.3) is 5.91 Å². The highest BCUT2D eigenvalue weighted by Crippen LogP contribution is 2.29. The zero-order chi connectivity index (χ0) is 23.2. The van der Waals surface area contributed by atoms with Crippen LogP contribution in [0.1, 0.15) is 34.6 Å². The van der Waals surface area contributed by atoms with E-state index in [9.17, 15) is 13.6 Å². The number of hydrogen-bond acceptors (Lipinski definition) is 4. The van der Waals surface area contributed by atoms with Crippen LogP contribution in [0.15, 0.2) is 42.5 Å². The summed E-state index contributed by atoms with van der Waals surface area (Å²) < 4.78 is 28.9. The monoisotopic (exact) mass is 462 g/mol. The molecular formula is C25H24F2N6O. The Bertz CT molecular complexity index is 1360. The van der Waals surface area contributed by atoms with Gasteiger partial charge >= 0.3 is 0 Å². The third-order valence-electron chi connectivity index (χ3n) is 6.74. The maximum atomic E-state index is 13.9. The second kappa shape index (κ2) is 8.23. The third kappa shape index (κ3) is 3.52. The molecule has 2 aliphatic rings. The molecule has 0 radical (unpaired) electrons. The lowest BCUT2D eigenvalue weighted by Crippen LogP contribution is -2.36. The number of anilines is 1. The Balaban J connectivity index is 1.25. The van der Waals surface area contributed by atoms with Gasteiger partial charge < -0.3 is 14.8 Å². The maximum absolute atomic E-state index is 13.9. The van der Waals surface area contributed by atoms with E-state index in [4.69, 9.17) is 4.98 Å². The predicted molar refractivity (Wildman–Crippen MR) is 124 cm³/mol. The van der Waals surface area contributed by atoms with E-state index in [0.717, 1.165) is 72.6 Å². The largest absolute Gasteiger partial charge is 0.341 e. The van der Waals surface area contributed by atoms with Crippen LogP contribution < -0.4 is 4.90 Å². The highest BCUT2D eigenvalue weighted by molar-refractivity contribution is 5.94. The zero-order valence-corrected chi connectivity index (χ0v) is 18.6. The Morgan fingerprint density at radius 3 is 2.68 bits per heavy atom. The summed E-state index contributed by atoms with van der Waals surface area (Å²) in [4.78, 5) is 25.6. The molecule has 174 valence electrons. The van der Waals surface area contributed by atoms with Gasteiger partial charge in [-0.25, -0.2) is 18.4 Å². The summed E-state index contributed by atoms with van der Waals surface area (Å²) in [5.41, 5.74) is 4.61. The first-order chi connectivity index (χ1) is 16.6. The summed E-state index contributed by atoms with van der Waals surface area (Å²) in [6.07, 6.45) is 3.25. The molecule has 2 aromatic carbocycles. The fourth-order valence-electron chi connectivity index (χ4n) is 5.01. The Morgan fingerprint density at radius 2 is 1.82 bits per heavy atom. The Kier molecular flexibility index (Phi) is 5.04. The topological polar surface area (TPSA) is 70.1 Å². The number of halogens is 2. The molecule has 1 amide bonds. The molecule has 3 heterocycles. The van der Waals surface area contributed by atoms with Gasteiger partial charge in [0.2, 0.25) is 5.95 Å². The number of amides is 1. The summed E-state index contributed by atoms with van der Waals surface area (Å²) >= 11 is 0. The van der Waals surface area contributed by atoms with Crippen molar-refractivity contribution in [2.75, 3.05) is 31.1 Å². The number of carbonyl (C=O) groups is 1. The van der Waals surface area contributed by atoms with Crippen molar-refractivity contribution in [2.24, 2.45) is 0 Å². The van der Waals surface area contributed by atoms with Gasteiger partial charge in [0.05, 0.1) is 16.7 Å². The fourth-order valence-corrected chi connectivity index (χ4v) is 5.01. The minimum atomic E-state index is -0.925. The van der Waals surface area contributed by atoms with Crippen LogP contribution in [-0.2, 0) is 12.8 Å². The lowest BCUT2D eigenvalue weighted by Gasteiger charge is -2.21. The standard InChI is InChI=1S/C25H24F2N6O/c26-18-10-9-16(15-19(18)27)33-22-8-3-5-17(22)23(30-33)24(34)31-11-4-12-32(14-13-31)25-28-20-6-1-2-7-21(20)29-25/h1-2,6-7,9-10,15H,3-5,8,11-14H2,(H,28,29). The van der Waals surface area contributed by atoms with Crippen molar-refractivity contribution in [3.8, 4) is 5.69 Å². The molecule has 34 heavy (non-hydrogen) atoms. The summed E-state index contributed by atoms with van der Waals surface area (Å²) in [6, 6.07) is 11.6. The molecule has 1 aliphatic carbocycles. The SMILES string of the molecule is O=C(c1nn(-c2ccc(F)c(F)c2)c2c1CCC2)N1CCCN(c2nc3ccccc3[nH]2)CC1. The third-order valence-corrected chi connectivity index (χ3v) is 6.74. The van der Waals surface area contributed by atoms with Crippen molar-refractivity contribution in [2.45, 2.75) is 25.7 Å². The normalized spacial score (nSPS) is 16.2. The molecule has 4 aromatic rings. The molecule has 1 aliphatic heterocycles. The van der Waals surface area contributed by atoms with E-state index in [1.165, 1.54) is 6.07 Å². The summed E-state index contributed by atoms with van der Waals surface area (Å²) in [6.45, 7) is 2.65. The number of fused-ring (bicyclic) bond motifs is 2. The molecule has 0 saturated carbocycles. The molecule has 1 fully saturated rings. The zero-order valence-electron chi connectivity index (χ0n) is 18.6. The van der Waals surface area contributed by atoms with E-state index in [0.29, 0.717) is 31.0 Å². The molecule has 1 N–H and O–H groups in total. The van der Waals surface area contributed by atoms with Gasteiger partial charge in [0.1, 0.15) is 0 Å². The minimum Gasteiger partial charge on any atom is -0.341 e. The average molecular weight is 463 g/mol. The molecule has 0 bridgehead atoms. The van der Waals surface area contributed by atoms with E-state index in [-0.39, 0.29) is 5.91 Å². The lowest BCUT2D eigenvalue weighted by atomic mass is 10.2. The fraction of sp³-hybridized carbons (Fsp3) is 0.320. The Morgan fingerprint density at radius 1 is 0.941 bits per heavy atom. The van der Waals surface area contributed by atoms with Crippen molar-refractivity contribution in [3.05, 3.63) is 71.1 Å². The number of para-hydroxylation sites is 2. The van der Waals surface area contributed by atoms with Gasteiger partial charge in [-0.15, -0.1) is 0 Å². The number of benzene rings is 2. The average Bonchev–Trinajstić information content (AvgIpc) is 3.52. The molecule has 0 spiro atoms. The quantitative estimate of drug-likeness (QED) is 0.502. The second-order valence-electron chi connectivity index (χ2n) is 8.85. The number of imidazole rings is 1. The molecule has 6 rings (SSSR count). The van der Waals surface area contributed by atoms with Crippen LogP contribution in [0.2, 0.25) is 0 Å². The Hall–Kier alpha value is -3.75. The molecule has 9 heteroatoms. The molecule has 1 saturated heterocycles. The van der Waals surface area contributed by atoms with E-state index in [2.05, 4.69) is 15.0 Å². The van der Waals surface area contributed by atoms with Crippen molar-refractivity contribution in [1.29, 1.82) is 0 Å². The van der Waals surface area contributed by atoms with Crippen molar-refractivity contribution in [3.63, 3.8) is 0 Å². The minimum absolute atomic E-state index is 0.106. The number of H-pyrrole nitrogens is 1. The van der Waals surface area contributed by atoms with Crippen molar-refractivity contribution < 1.29 is 13.6 Å². The number of rotatable bonds is 3. The highest BCUT2D eigenvalue weighted by Gasteiger charge is 2.31. The second-order valence-corrected chi connectivity index (χ2v) is 8.85. The van der Waals surface area contributed by atoms with Gasteiger partial charge in [-0.2, -0.15) is 5.10 Å². The van der Waals surface area contributed by atoms with Crippen LogP contribution in [0, 0.1) is 11.6 Å². The first-order valence-corrected chi connectivity index (χ1v) is 11.6. The van der Waals surface area contributed by atoms with Gasteiger partial charge in [-0.05, 0) is 49.9 Å². The van der Waals surface area contributed by atoms with Gasteiger partial charge in [0, 0.05) is 43.5 Å². The number of carbonyl (C=O) groups excluding carboxylic acids is 1. The summed E-state index contributed by atoms with van der Waals surface area (Å²) in [7, 11) is 0. The number of hydrogen-bond donors (Lipinski definition) is 1. The van der Waals surface area contributed by atoms with Crippen LogP contribution in [0.3, 0.4) is 0 Å². The van der Waals surface area contributed by atoms with Gasteiger partial charge in [-0.1, -0.05) is 12.1 Å². The molecule has 0 unspecified atom stereocenters. The van der Waals surface area contributed by atoms with Gasteiger partial charge in [0.15, 0.2) is 17.3 Å². The highest BCUT2D eigenvalue weighted by atomic mass is 19.2. The van der Waals surface area contributed by atoms with Crippen LogP contribution in [-0.4, -0.2) is 56.7 Å². The number of aromatic nitrogens is 4. The first kappa shape index (κ1) is 20.8. The summed E-state index contributed by atoms with van der Waals surface area (Å²) in [5, 5.41) is 4.59. The number of aromatic amines is 1. The Labute approximate surface area is 195 Å². The van der Waals surface area contributed by atoms with Crippen LogP contribution in [0.4, 0.5) is 14.7 Å². The van der Waals surface area contributed by atoms with Crippen LogP contribution >= 0.6 is 0 Å².